The summed E-state index contributed by atoms with van der Waals surface area (Å²) in [7, 11) is 4.67. The van der Waals surface area contributed by atoms with Gasteiger partial charge in [-0.1, -0.05) is 24.6 Å². The Balaban J connectivity index is 1.21. The number of hydrogen-bond acceptors (Lipinski definition) is 9. The van der Waals surface area contributed by atoms with Gasteiger partial charge in [0.25, 0.3) is 0 Å². The number of anilines is 1. The van der Waals surface area contributed by atoms with Gasteiger partial charge in [-0.2, -0.15) is 0 Å². The van der Waals surface area contributed by atoms with E-state index in [0.29, 0.717) is 71.8 Å². The van der Waals surface area contributed by atoms with Crippen LogP contribution in [0.15, 0.2) is 62.9 Å². The van der Waals surface area contributed by atoms with Crippen LogP contribution in [0.25, 0.3) is 22.2 Å². The van der Waals surface area contributed by atoms with Crippen LogP contribution < -0.4 is 46.7 Å². The fourth-order valence-electron chi connectivity index (χ4n) is 6.50. The number of carbonyl (C=O) groups is 2. The maximum atomic E-state index is 13.5. The molecule has 0 saturated heterocycles. The highest BCUT2D eigenvalue weighted by Gasteiger charge is 2.29. The summed E-state index contributed by atoms with van der Waals surface area (Å²) in [4.78, 5) is 65.1. The molecule has 13 nitrogen and oxygen atoms in total. The lowest BCUT2D eigenvalue weighted by Crippen LogP contribution is -2.39. The molecule has 4 N–H and O–H groups in total. The largest absolute Gasteiger partial charge is 0.493 e. The molecule has 0 fully saturated rings. The lowest BCUT2D eigenvalue weighted by atomic mass is 9.95. The van der Waals surface area contributed by atoms with Crippen molar-refractivity contribution in [2.75, 3.05) is 39.7 Å². The van der Waals surface area contributed by atoms with Crippen LogP contribution in [0.3, 0.4) is 0 Å². The number of para-hydroxylation sites is 2. The number of hydrogen-bond donors (Lipinski definition) is 4. The predicted octanol–water partition coefficient (Wildman–Crippen LogP) is 3.65. The third-order valence-corrected chi connectivity index (χ3v) is 8.85. The monoisotopic (exact) mass is 685 g/mol. The van der Waals surface area contributed by atoms with Crippen molar-refractivity contribution >= 4 is 28.5 Å². The number of amides is 2. The Bertz CT molecular complexity index is 2070. The van der Waals surface area contributed by atoms with Crippen LogP contribution in [0.5, 0.6) is 17.2 Å². The Morgan fingerprint density at radius 1 is 0.920 bits per heavy atom. The molecule has 3 aromatic carbocycles. The molecule has 1 atom stereocenters. The normalized spacial score (nSPS) is 13.4. The van der Waals surface area contributed by atoms with E-state index >= 15 is 0 Å². The van der Waals surface area contributed by atoms with Crippen LogP contribution in [-0.2, 0) is 22.6 Å². The van der Waals surface area contributed by atoms with Gasteiger partial charge in [0, 0.05) is 38.5 Å². The smallest absolute Gasteiger partial charge is 0.316 e. The van der Waals surface area contributed by atoms with Crippen LogP contribution in [0.2, 0.25) is 0 Å². The number of carbonyl (C=O) groups excluding carboxylic acids is 2. The van der Waals surface area contributed by atoms with Crippen LogP contribution in [0.1, 0.15) is 56.2 Å². The Labute approximate surface area is 289 Å². The van der Waals surface area contributed by atoms with E-state index in [2.05, 4.69) is 20.9 Å². The SMILES string of the molecule is COc1cc2c(c(OC)c1OC)-c1ccc(NCCCCCC(=O)NCCn3c(=O)c(=O)[nH]c4ccccc43)c(=O)cc1[C@@H](NC(C)=O)CC2. The standard InChI is InChI=1S/C37H43N5O8/c1-22(43)40-26-15-13-23-20-31(48-2)34(49-3)35(50-4)33(23)24-14-16-28(30(44)21-25(24)26)38-17-9-5-6-12-32(45)39-18-19-42-29-11-8-7-10-27(29)41-36(46)37(42)47/h7-8,10-11,14,16,20-21,26H,5-6,9,12-13,15,17-19H2,1-4H3,(H,38,44)(H,39,45)(H,40,43)(H,41,46)/t26-/m0/s1. The third kappa shape index (κ3) is 7.82. The van der Waals surface area contributed by atoms with E-state index in [4.69, 9.17) is 14.2 Å². The van der Waals surface area contributed by atoms with E-state index in [1.165, 1.54) is 11.5 Å². The number of nitrogens with one attached hydrogen (secondary N) is 4. The van der Waals surface area contributed by atoms with Crippen LogP contribution in [0, 0.1) is 0 Å². The van der Waals surface area contributed by atoms with E-state index in [1.54, 1.807) is 57.7 Å². The summed E-state index contributed by atoms with van der Waals surface area (Å²) in [6, 6.07) is 13.7. The maximum absolute atomic E-state index is 13.5. The zero-order valence-corrected chi connectivity index (χ0v) is 28.8. The van der Waals surface area contributed by atoms with E-state index in [1.807, 2.05) is 12.1 Å². The van der Waals surface area contributed by atoms with Crippen LogP contribution in [0.4, 0.5) is 5.69 Å². The molecule has 0 aliphatic heterocycles. The molecule has 1 aromatic heterocycles. The van der Waals surface area contributed by atoms with Gasteiger partial charge in [-0.25, -0.2) is 0 Å². The van der Waals surface area contributed by atoms with Gasteiger partial charge in [0.2, 0.25) is 23.0 Å². The van der Waals surface area contributed by atoms with Crippen molar-refractivity contribution in [2.24, 2.45) is 0 Å². The molecule has 1 aliphatic rings. The zero-order valence-electron chi connectivity index (χ0n) is 28.8. The average Bonchev–Trinajstić information content (AvgIpc) is 3.34. The molecule has 2 amide bonds. The summed E-state index contributed by atoms with van der Waals surface area (Å²) in [6.45, 7) is 2.37. The topological polar surface area (TPSA) is 170 Å². The van der Waals surface area contributed by atoms with E-state index in [9.17, 15) is 24.0 Å². The van der Waals surface area contributed by atoms with Gasteiger partial charge in [0.1, 0.15) is 0 Å². The van der Waals surface area contributed by atoms with Gasteiger partial charge in [0.15, 0.2) is 11.5 Å². The first-order valence-electron chi connectivity index (χ1n) is 16.7. The van der Waals surface area contributed by atoms with E-state index < -0.39 is 17.2 Å². The number of ether oxygens (including phenoxy) is 3. The van der Waals surface area contributed by atoms with Crippen molar-refractivity contribution in [2.45, 2.75) is 58.0 Å². The highest BCUT2D eigenvalue weighted by atomic mass is 16.5. The maximum Gasteiger partial charge on any atom is 0.316 e. The van der Waals surface area contributed by atoms with Crippen molar-refractivity contribution in [3.8, 4) is 28.4 Å². The van der Waals surface area contributed by atoms with E-state index in [0.717, 1.165) is 29.5 Å². The highest BCUT2D eigenvalue weighted by molar-refractivity contribution is 5.84. The van der Waals surface area contributed by atoms with Crippen LogP contribution in [-0.4, -0.2) is 55.8 Å². The fourth-order valence-corrected chi connectivity index (χ4v) is 6.50. The zero-order chi connectivity index (χ0) is 35.8. The number of aromatic nitrogens is 2. The average molecular weight is 686 g/mol. The molecular weight excluding hydrogens is 642 g/mol. The second kappa shape index (κ2) is 16.2. The number of benzene rings is 2. The van der Waals surface area contributed by atoms with Gasteiger partial charge >= 0.3 is 11.1 Å². The summed E-state index contributed by atoms with van der Waals surface area (Å²) in [5.41, 5.74) is 3.17. The van der Waals surface area contributed by atoms with Crippen molar-refractivity contribution in [3.05, 3.63) is 90.6 Å². The first kappa shape index (κ1) is 35.7. The molecule has 13 heteroatoms. The lowest BCUT2D eigenvalue weighted by molar-refractivity contribution is -0.121. The van der Waals surface area contributed by atoms with Gasteiger partial charge in [-0.3, -0.25) is 24.0 Å². The first-order valence-corrected chi connectivity index (χ1v) is 16.7. The molecule has 1 heterocycles. The molecule has 0 unspecified atom stereocenters. The Morgan fingerprint density at radius 3 is 2.44 bits per heavy atom. The summed E-state index contributed by atoms with van der Waals surface area (Å²) in [6.07, 6.45) is 3.60. The number of aromatic amines is 1. The Kier molecular flexibility index (Phi) is 11.6. The van der Waals surface area contributed by atoms with E-state index in [-0.39, 0.29) is 30.3 Å². The fraction of sp³-hybridized carbons (Fsp3) is 0.378. The summed E-state index contributed by atoms with van der Waals surface area (Å²) >= 11 is 0. The molecule has 50 heavy (non-hydrogen) atoms. The molecule has 5 rings (SSSR count). The van der Waals surface area contributed by atoms with Crippen molar-refractivity contribution < 1.29 is 23.8 Å². The summed E-state index contributed by atoms with van der Waals surface area (Å²) in [5.74, 6) is 1.12. The quantitative estimate of drug-likeness (QED) is 0.114. The third-order valence-electron chi connectivity index (χ3n) is 8.85. The van der Waals surface area contributed by atoms with Crippen molar-refractivity contribution in [1.29, 1.82) is 0 Å². The van der Waals surface area contributed by atoms with Gasteiger partial charge in [-0.15, -0.1) is 0 Å². The molecule has 1 aliphatic carbocycles. The van der Waals surface area contributed by atoms with Crippen molar-refractivity contribution in [3.63, 3.8) is 0 Å². The number of rotatable bonds is 14. The molecule has 4 aromatic rings. The van der Waals surface area contributed by atoms with Crippen molar-refractivity contribution in [1.82, 2.24) is 20.2 Å². The number of unbranched alkanes of at least 4 members (excludes halogenated alkanes) is 2. The molecule has 0 spiro atoms. The first-order chi connectivity index (χ1) is 24.2. The summed E-state index contributed by atoms with van der Waals surface area (Å²) in [5, 5.41) is 9.09. The second-order valence-electron chi connectivity index (χ2n) is 12.1. The minimum atomic E-state index is -0.700. The highest BCUT2D eigenvalue weighted by Crippen LogP contribution is 2.50. The predicted molar refractivity (Wildman–Crippen MR) is 191 cm³/mol. The minimum Gasteiger partial charge on any atom is -0.493 e. The lowest BCUT2D eigenvalue weighted by Gasteiger charge is -2.19. The van der Waals surface area contributed by atoms with Gasteiger partial charge in [-0.05, 0) is 72.7 Å². The van der Waals surface area contributed by atoms with Gasteiger partial charge < -0.3 is 39.7 Å². The van der Waals surface area contributed by atoms with Gasteiger partial charge in [0.05, 0.1) is 44.1 Å². The Hall–Kier alpha value is -5.59. The molecular formula is C37H43N5O8. The molecule has 264 valence electrons. The summed E-state index contributed by atoms with van der Waals surface area (Å²) < 4.78 is 18.5. The molecule has 0 radical (unpaired) electrons. The van der Waals surface area contributed by atoms with Crippen LogP contribution >= 0.6 is 0 Å². The number of methoxy groups -OCH3 is 3. The number of fused-ring (bicyclic) bond motifs is 4. The number of aryl methyl sites for hydroxylation is 1. The Morgan fingerprint density at radius 2 is 1.70 bits per heavy atom. The molecule has 0 saturated carbocycles. The molecule has 0 bridgehead atoms. The second-order valence-corrected chi connectivity index (χ2v) is 12.1. The minimum absolute atomic E-state index is 0.141. The number of nitrogens with zero attached hydrogens (tertiary/aromatic N) is 1. The number of H-pyrrole nitrogens is 1.